The number of aliphatic hydroxyl groups excluding tert-OH is 1. The van der Waals surface area contributed by atoms with E-state index < -0.39 is 6.10 Å². The van der Waals surface area contributed by atoms with Gasteiger partial charge in [0.2, 0.25) is 0 Å². The van der Waals surface area contributed by atoms with Gasteiger partial charge in [-0.2, -0.15) is 5.26 Å². The third-order valence-electron chi connectivity index (χ3n) is 5.38. The highest BCUT2D eigenvalue weighted by Crippen LogP contribution is 2.30. The summed E-state index contributed by atoms with van der Waals surface area (Å²) in [6.45, 7) is 1.56. The van der Waals surface area contributed by atoms with E-state index >= 15 is 0 Å². The number of rotatable bonds is 9. The molecule has 0 aromatic heterocycles. The van der Waals surface area contributed by atoms with Crippen LogP contribution >= 0.6 is 11.6 Å². The van der Waals surface area contributed by atoms with E-state index in [2.05, 4.69) is 11.0 Å². The van der Waals surface area contributed by atoms with Crippen LogP contribution in [0.3, 0.4) is 0 Å². The Bertz CT molecular complexity index is 899. The van der Waals surface area contributed by atoms with Crippen LogP contribution in [-0.2, 0) is 6.42 Å². The minimum absolute atomic E-state index is 0.106. The molecule has 3 rings (SSSR count). The lowest BCUT2D eigenvalue weighted by Gasteiger charge is -2.27. The first-order chi connectivity index (χ1) is 14.5. The van der Waals surface area contributed by atoms with Crippen LogP contribution in [-0.4, -0.2) is 56.1 Å². The summed E-state index contributed by atoms with van der Waals surface area (Å²) in [6, 6.07) is 13.4. The molecule has 1 aliphatic rings. The molecule has 0 aliphatic carbocycles. The second-order valence-electron chi connectivity index (χ2n) is 7.37. The van der Waals surface area contributed by atoms with Crippen molar-refractivity contribution in [2.45, 2.75) is 31.4 Å². The van der Waals surface area contributed by atoms with Crippen LogP contribution in [0.15, 0.2) is 36.4 Å². The van der Waals surface area contributed by atoms with Crippen molar-refractivity contribution in [2.75, 3.05) is 33.9 Å². The van der Waals surface area contributed by atoms with Gasteiger partial charge in [-0.05, 0) is 55.6 Å². The molecule has 1 heterocycles. The summed E-state index contributed by atoms with van der Waals surface area (Å²) in [5, 5.41) is 20.1. The van der Waals surface area contributed by atoms with E-state index in [4.69, 9.17) is 25.8 Å². The van der Waals surface area contributed by atoms with Crippen molar-refractivity contribution >= 4 is 11.6 Å². The molecule has 7 heteroatoms. The smallest absolute Gasteiger partial charge is 0.160 e. The van der Waals surface area contributed by atoms with Crippen LogP contribution in [0, 0.1) is 11.3 Å². The fourth-order valence-corrected chi connectivity index (χ4v) is 4.10. The van der Waals surface area contributed by atoms with Crippen molar-refractivity contribution in [3.05, 3.63) is 52.5 Å². The summed E-state index contributed by atoms with van der Waals surface area (Å²) in [5.41, 5.74) is 1.46. The van der Waals surface area contributed by atoms with Crippen molar-refractivity contribution in [3.63, 3.8) is 0 Å². The fourth-order valence-electron chi connectivity index (χ4n) is 3.89. The third kappa shape index (κ3) is 5.37. The van der Waals surface area contributed by atoms with E-state index in [1.165, 1.54) is 5.56 Å². The average Bonchev–Trinajstić information content (AvgIpc) is 3.18. The van der Waals surface area contributed by atoms with Gasteiger partial charge in [-0.15, -0.1) is 0 Å². The first kappa shape index (κ1) is 22.2. The number of hydrogen-bond acceptors (Lipinski definition) is 6. The van der Waals surface area contributed by atoms with E-state index in [0.29, 0.717) is 28.9 Å². The molecule has 2 aromatic carbocycles. The molecule has 0 radical (unpaired) electrons. The van der Waals surface area contributed by atoms with Crippen molar-refractivity contribution in [1.82, 2.24) is 4.90 Å². The zero-order valence-electron chi connectivity index (χ0n) is 17.3. The number of β-amino-alcohol motifs (C(OH)–C–C–N with tert-alkyl or cyclic N) is 1. The molecule has 30 heavy (non-hydrogen) atoms. The van der Waals surface area contributed by atoms with Crippen molar-refractivity contribution in [3.8, 4) is 23.3 Å². The minimum atomic E-state index is -0.665. The van der Waals surface area contributed by atoms with Crippen LogP contribution < -0.4 is 14.2 Å². The molecule has 0 unspecified atom stereocenters. The maximum absolute atomic E-state index is 10.5. The quantitative estimate of drug-likeness (QED) is 0.654. The van der Waals surface area contributed by atoms with Gasteiger partial charge >= 0.3 is 0 Å². The zero-order chi connectivity index (χ0) is 21.5. The number of aliphatic hydroxyl groups is 1. The maximum atomic E-state index is 10.5. The number of ether oxygens (including phenoxy) is 3. The molecule has 0 amide bonds. The first-order valence-corrected chi connectivity index (χ1v) is 10.4. The summed E-state index contributed by atoms with van der Waals surface area (Å²) in [6.07, 6.45) is 2.38. The Balaban J connectivity index is 1.57. The summed E-state index contributed by atoms with van der Waals surface area (Å²) in [4.78, 5) is 2.30. The highest BCUT2D eigenvalue weighted by atomic mass is 35.5. The van der Waals surface area contributed by atoms with Crippen LogP contribution in [0.1, 0.15) is 24.0 Å². The molecular weight excluding hydrogens is 404 g/mol. The average molecular weight is 431 g/mol. The summed E-state index contributed by atoms with van der Waals surface area (Å²) in [5.74, 6) is 1.84. The molecule has 1 fully saturated rings. The largest absolute Gasteiger partial charge is 0.493 e. The topological polar surface area (TPSA) is 75.0 Å². The Morgan fingerprint density at radius 2 is 2.00 bits per heavy atom. The standard InChI is InChI=1S/C23H27ClN2O4/c1-28-22-9-8-16(12-23(22)29-2)11-17-5-4-10-26(17)14-18(27)15-30-21-7-3-6-20(24)19(21)13-25/h3,6-9,12,17-18,27H,4-5,10-11,14-15H2,1-2H3/t17-,18+/m0/s1. The molecule has 160 valence electrons. The highest BCUT2D eigenvalue weighted by molar-refractivity contribution is 6.31. The lowest BCUT2D eigenvalue weighted by atomic mass is 10.0. The van der Waals surface area contributed by atoms with Crippen LogP contribution in [0.5, 0.6) is 17.2 Å². The molecule has 0 bridgehead atoms. The number of nitriles is 1. The predicted octanol–water partition coefficient (Wildman–Crippen LogP) is 3.68. The van der Waals surface area contributed by atoms with Crippen LogP contribution in [0.25, 0.3) is 0 Å². The number of hydrogen-bond donors (Lipinski definition) is 1. The summed E-state index contributed by atoms with van der Waals surface area (Å²) < 4.78 is 16.4. The van der Waals surface area contributed by atoms with Crippen molar-refractivity contribution in [2.24, 2.45) is 0 Å². The van der Waals surface area contributed by atoms with E-state index in [1.807, 2.05) is 18.2 Å². The molecule has 1 aliphatic heterocycles. The Morgan fingerprint density at radius 1 is 1.20 bits per heavy atom. The molecule has 2 aromatic rings. The van der Waals surface area contributed by atoms with Gasteiger partial charge in [0.25, 0.3) is 0 Å². The van der Waals surface area contributed by atoms with Gasteiger partial charge in [-0.3, -0.25) is 4.90 Å². The number of likely N-dealkylation sites (tertiary alicyclic amines) is 1. The number of methoxy groups -OCH3 is 2. The Morgan fingerprint density at radius 3 is 2.73 bits per heavy atom. The minimum Gasteiger partial charge on any atom is -0.493 e. The van der Waals surface area contributed by atoms with Gasteiger partial charge < -0.3 is 19.3 Å². The Labute approximate surface area is 182 Å². The first-order valence-electron chi connectivity index (χ1n) is 10.00. The zero-order valence-corrected chi connectivity index (χ0v) is 18.1. The van der Waals surface area contributed by atoms with Gasteiger partial charge in [-0.1, -0.05) is 23.7 Å². The third-order valence-corrected chi connectivity index (χ3v) is 5.70. The van der Waals surface area contributed by atoms with Crippen LogP contribution in [0.2, 0.25) is 5.02 Å². The monoisotopic (exact) mass is 430 g/mol. The SMILES string of the molecule is COc1ccc(C[C@@H]2CCCN2C[C@@H](O)COc2cccc(Cl)c2C#N)cc1OC. The molecular formula is C23H27ClN2O4. The van der Waals surface area contributed by atoms with E-state index in [9.17, 15) is 10.4 Å². The number of nitrogens with zero attached hydrogens (tertiary/aromatic N) is 2. The van der Waals surface area contributed by atoms with E-state index in [-0.39, 0.29) is 6.61 Å². The van der Waals surface area contributed by atoms with Gasteiger partial charge in [-0.25, -0.2) is 0 Å². The molecule has 1 N–H and O–H groups in total. The van der Waals surface area contributed by atoms with Gasteiger partial charge in [0.15, 0.2) is 11.5 Å². The molecule has 1 saturated heterocycles. The predicted molar refractivity (Wildman–Crippen MR) is 116 cm³/mol. The molecule has 6 nitrogen and oxygen atoms in total. The summed E-state index contributed by atoms with van der Waals surface area (Å²) in [7, 11) is 3.26. The lowest BCUT2D eigenvalue weighted by molar-refractivity contribution is 0.0638. The number of halogens is 1. The van der Waals surface area contributed by atoms with Crippen molar-refractivity contribution < 1.29 is 19.3 Å². The second-order valence-corrected chi connectivity index (χ2v) is 7.78. The Hall–Kier alpha value is -2.46. The van der Waals surface area contributed by atoms with E-state index in [0.717, 1.165) is 37.3 Å². The second kappa shape index (κ2) is 10.5. The lowest BCUT2D eigenvalue weighted by Crippen LogP contribution is -2.39. The van der Waals surface area contributed by atoms with Gasteiger partial charge in [0.05, 0.1) is 19.2 Å². The molecule has 2 atom stereocenters. The van der Waals surface area contributed by atoms with Gasteiger partial charge in [0.1, 0.15) is 30.1 Å². The molecule has 0 saturated carbocycles. The normalized spacial score (nSPS) is 17.4. The molecule has 0 spiro atoms. The summed E-state index contributed by atoms with van der Waals surface area (Å²) >= 11 is 6.03. The van der Waals surface area contributed by atoms with Crippen molar-refractivity contribution in [1.29, 1.82) is 5.26 Å². The Kier molecular flexibility index (Phi) is 7.81. The number of benzene rings is 2. The highest BCUT2D eigenvalue weighted by Gasteiger charge is 2.27. The fraction of sp³-hybridized carbons (Fsp3) is 0.435. The van der Waals surface area contributed by atoms with E-state index in [1.54, 1.807) is 32.4 Å². The van der Waals surface area contributed by atoms with Gasteiger partial charge in [0, 0.05) is 12.6 Å². The maximum Gasteiger partial charge on any atom is 0.160 e. The van der Waals surface area contributed by atoms with Crippen LogP contribution in [0.4, 0.5) is 0 Å².